The SMILES string of the molecule is N#CCCN1C(=O)c2c(F)cccc2C1C(=O)NCc1ccc(OC(F)(F)F)cc1. The van der Waals surface area contributed by atoms with Crippen LogP contribution in [0.5, 0.6) is 5.75 Å². The number of halogens is 4. The maximum absolute atomic E-state index is 14.1. The summed E-state index contributed by atoms with van der Waals surface area (Å²) in [6.45, 7) is -0.0857. The summed E-state index contributed by atoms with van der Waals surface area (Å²) in [4.78, 5) is 26.5. The van der Waals surface area contributed by atoms with Gasteiger partial charge >= 0.3 is 6.36 Å². The van der Waals surface area contributed by atoms with Gasteiger partial charge in [0.1, 0.15) is 17.6 Å². The Labute approximate surface area is 168 Å². The Kier molecular flexibility index (Phi) is 5.91. The molecule has 0 saturated carbocycles. The van der Waals surface area contributed by atoms with Crippen LogP contribution in [0.15, 0.2) is 42.5 Å². The van der Waals surface area contributed by atoms with Crippen LogP contribution < -0.4 is 10.1 Å². The molecule has 156 valence electrons. The Morgan fingerprint density at radius 3 is 2.53 bits per heavy atom. The molecule has 1 unspecified atom stereocenters. The summed E-state index contributed by atoms with van der Waals surface area (Å²) >= 11 is 0. The third-order valence-electron chi connectivity index (χ3n) is 4.46. The second-order valence-electron chi connectivity index (χ2n) is 6.42. The highest BCUT2D eigenvalue weighted by Crippen LogP contribution is 2.35. The van der Waals surface area contributed by atoms with Crippen LogP contribution >= 0.6 is 0 Å². The summed E-state index contributed by atoms with van der Waals surface area (Å²) < 4.78 is 54.6. The van der Waals surface area contributed by atoms with Crippen LogP contribution in [0.25, 0.3) is 0 Å². The number of ether oxygens (including phenoxy) is 1. The number of carbonyl (C=O) groups is 2. The monoisotopic (exact) mass is 421 g/mol. The van der Waals surface area contributed by atoms with Gasteiger partial charge < -0.3 is 15.0 Å². The number of alkyl halides is 3. The minimum absolute atomic E-state index is 0.0352. The lowest BCUT2D eigenvalue weighted by molar-refractivity contribution is -0.274. The first-order valence-electron chi connectivity index (χ1n) is 8.80. The van der Waals surface area contributed by atoms with E-state index in [0.717, 1.165) is 23.1 Å². The van der Waals surface area contributed by atoms with E-state index >= 15 is 0 Å². The number of amides is 2. The zero-order valence-electron chi connectivity index (χ0n) is 15.4. The van der Waals surface area contributed by atoms with Crippen LogP contribution in [0.3, 0.4) is 0 Å². The maximum atomic E-state index is 14.1. The molecule has 10 heteroatoms. The first kappa shape index (κ1) is 21.1. The van der Waals surface area contributed by atoms with Crippen molar-refractivity contribution >= 4 is 11.8 Å². The van der Waals surface area contributed by atoms with E-state index in [-0.39, 0.29) is 30.6 Å². The van der Waals surface area contributed by atoms with Gasteiger partial charge in [-0.3, -0.25) is 9.59 Å². The number of hydrogen-bond donors (Lipinski definition) is 1. The van der Waals surface area contributed by atoms with Crippen molar-refractivity contribution in [2.45, 2.75) is 25.4 Å². The molecule has 0 saturated heterocycles. The highest BCUT2D eigenvalue weighted by Gasteiger charge is 2.42. The molecule has 1 aliphatic rings. The molecule has 1 aliphatic heterocycles. The summed E-state index contributed by atoms with van der Waals surface area (Å²) in [5.74, 6) is -2.42. The topological polar surface area (TPSA) is 82.4 Å². The maximum Gasteiger partial charge on any atom is 0.573 e. The molecule has 1 heterocycles. The molecule has 0 aliphatic carbocycles. The van der Waals surface area contributed by atoms with Gasteiger partial charge in [-0.1, -0.05) is 24.3 Å². The highest BCUT2D eigenvalue weighted by atomic mass is 19.4. The fraction of sp³-hybridized carbons (Fsp3) is 0.250. The average molecular weight is 421 g/mol. The first-order chi connectivity index (χ1) is 14.2. The zero-order valence-corrected chi connectivity index (χ0v) is 15.4. The van der Waals surface area contributed by atoms with Crippen LogP contribution in [-0.2, 0) is 11.3 Å². The van der Waals surface area contributed by atoms with Gasteiger partial charge in [0.25, 0.3) is 5.91 Å². The average Bonchev–Trinajstić information content (AvgIpc) is 2.97. The van der Waals surface area contributed by atoms with Gasteiger partial charge in [0, 0.05) is 13.1 Å². The summed E-state index contributed by atoms with van der Waals surface area (Å²) in [5, 5.41) is 11.4. The molecular formula is C20H15F4N3O3. The van der Waals surface area contributed by atoms with Crippen molar-refractivity contribution in [1.29, 1.82) is 5.26 Å². The van der Waals surface area contributed by atoms with Crippen molar-refractivity contribution in [3.63, 3.8) is 0 Å². The molecule has 0 bridgehead atoms. The molecule has 1 N–H and O–H groups in total. The molecule has 2 amide bonds. The number of rotatable bonds is 6. The number of benzene rings is 2. The Hall–Kier alpha value is -3.61. The molecule has 2 aromatic rings. The lowest BCUT2D eigenvalue weighted by atomic mass is 10.0. The largest absolute Gasteiger partial charge is 0.573 e. The van der Waals surface area contributed by atoms with Crippen LogP contribution in [0.1, 0.15) is 33.9 Å². The van der Waals surface area contributed by atoms with Crippen molar-refractivity contribution in [2.24, 2.45) is 0 Å². The molecule has 30 heavy (non-hydrogen) atoms. The van der Waals surface area contributed by atoms with Crippen LogP contribution in [-0.4, -0.2) is 29.6 Å². The fourth-order valence-electron chi connectivity index (χ4n) is 3.20. The van der Waals surface area contributed by atoms with Crippen molar-refractivity contribution in [3.8, 4) is 11.8 Å². The number of fused-ring (bicyclic) bond motifs is 1. The van der Waals surface area contributed by atoms with Gasteiger partial charge in [-0.15, -0.1) is 13.2 Å². The third-order valence-corrected chi connectivity index (χ3v) is 4.46. The second kappa shape index (κ2) is 8.41. The van der Waals surface area contributed by atoms with E-state index in [1.165, 1.54) is 24.3 Å². The fourth-order valence-corrected chi connectivity index (χ4v) is 3.20. The van der Waals surface area contributed by atoms with E-state index in [1.54, 1.807) is 0 Å². The van der Waals surface area contributed by atoms with Gasteiger partial charge in [-0.2, -0.15) is 5.26 Å². The van der Waals surface area contributed by atoms with E-state index < -0.39 is 35.8 Å². The predicted octanol–water partition coefficient (Wildman–Crippen LogP) is 3.45. The Morgan fingerprint density at radius 1 is 1.20 bits per heavy atom. The first-order valence-corrected chi connectivity index (χ1v) is 8.80. The Balaban J connectivity index is 1.74. The lowest BCUT2D eigenvalue weighted by Gasteiger charge is -2.23. The van der Waals surface area contributed by atoms with E-state index in [1.807, 2.05) is 6.07 Å². The van der Waals surface area contributed by atoms with Gasteiger partial charge in [0.15, 0.2) is 0 Å². The number of hydrogen-bond acceptors (Lipinski definition) is 4. The Morgan fingerprint density at radius 2 is 1.90 bits per heavy atom. The van der Waals surface area contributed by atoms with Gasteiger partial charge in [-0.05, 0) is 29.3 Å². The number of nitriles is 1. The summed E-state index contributed by atoms with van der Waals surface area (Å²) in [6, 6.07) is 9.66. The van der Waals surface area contributed by atoms with Crippen molar-refractivity contribution in [2.75, 3.05) is 6.54 Å². The number of nitrogens with zero attached hydrogens (tertiary/aromatic N) is 2. The molecule has 6 nitrogen and oxygen atoms in total. The minimum Gasteiger partial charge on any atom is -0.406 e. The van der Waals surface area contributed by atoms with Crippen LogP contribution in [0.4, 0.5) is 17.6 Å². The molecule has 0 aromatic heterocycles. The minimum atomic E-state index is -4.81. The molecule has 2 aromatic carbocycles. The van der Waals surface area contributed by atoms with Gasteiger partial charge in [0.05, 0.1) is 18.1 Å². The van der Waals surface area contributed by atoms with E-state index in [0.29, 0.717) is 5.56 Å². The third kappa shape index (κ3) is 4.51. The summed E-state index contributed by atoms with van der Waals surface area (Å²) in [6.07, 6.45) is -4.84. The lowest BCUT2D eigenvalue weighted by Crippen LogP contribution is -2.39. The van der Waals surface area contributed by atoms with E-state index in [2.05, 4.69) is 10.1 Å². The van der Waals surface area contributed by atoms with Crippen molar-refractivity contribution in [3.05, 3.63) is 65.0 Å². The standard InChI is InChI=1S/C20H15F4N3O3/c21-15-4-1-3-14-16(15)19(29)27(10-2-9-25)17(14)18(28)26-11-12-5-7-13(8-6-12)30-20(22,23)24/h1,3-8,17H,2,10-11H2,(H,26,28). The predicted molar refractivity (Wildman–Crippen MR) is 95.4 cm³/mol. The summed E-state index contributed by atoms with van der Waals surface area (Å²) in [7, 11) is 0. The number of carbonyl (C=O) groups excluding carboxylic acids is 2. The molecule has 0 fully saturated rings. The van der Waals surface area contributed by atoms with Crippen molar-refractivity contribution < 1.29 is 31.9 Å². The molecular weight excluding hydrogens is 406 g/mol. The quantitative estimate of drug-likeness (QED) is 0.725. The molecule has 0 radical (unpaired) electrons. The van der Waals surface area contributed by atoms with Crippen LogP contribution in [0.2, 0.25) is 0 Å². The molecule has 1 atom stereocenters. The van der Waals surface area contributed by atoms with Gasteiger partial charge in [0.2, 0.25) is 5.91 Å². The molecule has 3 rings (SSSR count). The molecule has 0 spiro atoms. The van der Waals surface area contributed by atoms with E-state index in [4.69, 9.17) is 5.26 Å². The smallest absolute Gasteiger partial charge is 0.406 e. The highest BCUT2D eigenvalue weighted by molar-refractivity contribution is 6.04. The van der Waals surface area contributed by atoms with E-state index in [9.17, 15) is 27.2 Å². The summed E-state index contributed by atoms with van der Waals surface area (Å²) in [5.41, 5.74) is 0.485. The van der Waals surface area contributed by atoms with Gasteiger partial charge in [-0.25, -0.2) is 4.39 Å². The van der Waals surface area contributed by atoms with Crippen LogP contribution in [0, 0.1) is 17.1 Å². The van der Waals surface area contributed by atoms with Crippen molar-refractivity contribution in [1.82, 2.24) is 10.2 Å². The second-order valence-corrected chi connectivity index (χ2v) is 6.42. The number of nitrogens with one attached hydrogen (secondary N) is 1. The normalized spacial score (nSPS) is 15.5. The zero-order chi connectivity index (χ0) is 21.9. The Bertz CT molecular complexity index is 1000.